The van der Waals surface area contributed by atoms with E-state index in [0.717, 1.165) is 32.1 Å². The molecule has 0 saturated heterocycles. The number of fused-ring (bicyclic) bond motifs is 5. The van der Waals surface area contributed by atoms with Gasteiger partial charge in [-0.15, -0.1) is 0 Å². The van der Waals surface area contributed by atoms with Crippen LogP contribution in [0.3, 0.4) is 0 Å². The van der Waals surface area contributed by atoms with Crippen LogP contribution in [0.4, 0.5) is 0 Å². The second-order valence-electron chi connectivity index (χ2n) is 8.37. The molecule has 1 aromatic rings. The van der Waals surface area contributed by atoms with Gasteiger partial charge in [-0.3, -0.25) is 0 Å². The van der Waals surface area contributed by atoms with Gasteiger partial charge in [0.15, 0.2) is 0 Å². The van der Waals surface area contributed by atoms with Crippen molar-refractivity contribution in [3.05, 3.63) is 40.4 Å². The summed E-state index contributed by atoms with van der Waals surface area (Å²) in [7, 11) is 1.80. The van der Waals surface area contributed by atoms with Crippen molar-refractivity contribution in [3.63, 3.8) is 0 Å². The van der Waals surface area contributed by atoms with E-state index in [2.05, 4.69) is 28.9 Å². The largest absolute Gasteiger partial charge is 0.508 e. The van der Waals surface area contributed by atoms with Gasteiger partial charge >= 0.3 is 0 Å². The summed E-state index contributed by atoms with van der Waals surface area (Å²) in [6, 6.07) is 5.82. The minimum atomic E-state index is -0.766. The topological polar surface area (TPSA) is 49.7 Å². The molecule has 6 atom stereocenters. The zero-order valence-corrected chi connectivity index (χ0v) is 16.5. The van der Waals surface area contributed by atoms with Gasteiger partial charge in [-0.05, 0) is 78.3 Å². The molecule has 0 aromatic heterocycles. The van der Waals surface area contributed by atoms with Crippen molar-refractivity contribution < 1.29 is 14.9 Å². The van der Waals surface area contributed by atoms with Gasteiger partial charge in [-0.2, -0.15) is 0 Å². The lowest BCUT2D eigenvalue weighted by molar-refractivity contribution is -0.120. The minimum Gasteiger partial charge on any atom is -0.508 e. The summed E-state index contributed by atoms with van der Waals surface area (Å²) in [6.07, 6.45) is 6.89. The number of phenolic OH excluding ortho intramolecular Hbond substituents is 1. The maximum Gasteiger partial charge on any atom is 0.115 e. The molecule has 4 rings (SSSR count). The zero-order chi connectivity index (χ0) is 17.8. The van der Waals surface area contributed by atoms with E-state index >= 15 is 0 Å². The molecule has 0 bridgehead atoms. The van der Waals surface area contributed by atoms with Crippen LogP contribution >= 0.6 is 15.9 Å². The fraction of sp³-hybridized carbons (Fsp3) is 0.619. The van der Waals surface area contributed by atoms with Crippen LogP contribution in [0.2, 0.25) is 0 Å². The number of aromatic hydroxyl groups is 1. The lowest BCUT2D eigenvalue weighted by Crippen LogP contribution is -2.54. The fourth-order valence-electron chi connectivity index (χ4n) is 6.26. The lowest BCUT2D eigenvalue weighted by Gasteiger charge is -2.55. The van der Waals surface area contributed by atoms with E-state index in [1.165, 1.54) is 11.1 Å². The molecule has 25 heavy (non-hydrogen) atoms. The van der Waals surface area contributed by atoms with Gasteiger partial charge < -0.3 is 14.9 Å². The monoisotopic (exact) mass is 406 g/mol. The van der Waals surface area contributed by atoms with E-state index in [1.54, 1.807) is 13.2 Å². The van der Waals surface area contributed by atoms with E-state index < -0.39 is 5.60 Å². The number of hydrogen-bond donors (Lipinski definition) is 2. The Morgan fingerprint density at radius 3 is 2.84 bits per heavy atom. The number of benzene rings is 1. The van der Waals surface area contributed by atoms with Gasteiger partial charge in [0.25, 0.3) is 0 Å². The molecule has 0 heterocycles. The van der Waals surface area contributed by atoms with Crippen molar-refractivity contribution in [2.75, 3.05) is 7.11 Å². The third-order valence-corrected chi connectivity index (χ3v) is 7.79. The second-order valence-corrected chi connectivity index (χ2v) is 8.90. The van der Waals surface area contributed by atoms with E-state index in [0.29, 0.717) is 23.5 Å². The molecule has 2 N–H and O–H groups in total. The van der Waals surface area contributed by atoms with Gasteiger partial charge in [0.2, 0.25) is 0 Å². The quantitative estimate of drug-likeness (QED) is 0.759. The Bertz CT molecular complexity index is 702. The predicted molar refractivity (Wildman–Crippen MR) is 102 cm³/mol. The molecular formula is C21H27BrO3. The van der Waals surface area contributed by atoms with Crippen LogP contribution < -0.4 is 0 Å². The first-order chi connectivity index (χ1) is 11.9. The van der Waals surface area contributed by atoms with E-state index in [-0.39, 0.29) is 11.5 Å². The summed E-state index contributed by atoms with van der Waals surface area (Å²) >= 11 is 3.37. The molecule has 3 nitrogen and oxygen atoms in total. The average molecular weight is 407 g/mol. The Kier molecular flexibility index (Phi) is 4.29. The molecular weight excluding hydrogens is 380 g/mol. The molecule has 4 heteroatoms. The zero-order valence-electron chi connectivity index (χ0n) is 14.9. The molecule has 0 aliphatic heterocycles. The Labute approximate surface area is 158 Å². The minimum absolute atomic E-state index is 0.100. The number of methoxy groups -OCH3 is 1. The Morgan fingerprint density at radius 1 is 1.32 bits per heavy atom. The van der Waals surface area contributed by atoms with Crippen LogP contribution in [0, 0.1) is 17.3 Å². The third kappa shape index (κ3) is 2.44. The fourth-order valence-corrected chi connectivity index (χ4v) is 6.70. The van der Waals surface area contributed by atoms with Gasteiger partial charge in [-0.25, -0.2) is 0 Å². The Hall–Kier alpha value is -0.840. The van der Waals surface area contributed by atoms with Gasteiger partial charge in [0.05, 0.1) is 11.7 Å². The summed E-state index contributed by atoms with van der Waals surface area (Å²) in [5.41, 5.74) is 1.68. The molecule has 0 radical (unpaired) electrons. The molecule has 0 amide bonds. The number of rotatable bonds is 2. The summed E-state index contributed by atoms with van der Waals surface area (Å²) in [6.45, 7) is 2.26. The van der Waals surface area contributed by atoms with Gasteiger partial charge in [0.1, 0.15) is 5.75 Å². The van der Waals surface area contributed by atoms with Crippen molar-refractivity contribution in [2.24, 2.45) is 17.3 Å². The smallest absolute Gasteiger partial charge is 0.115 e. The number of ether oxygens (including phenoxy) is 1. The predicted octanol–water partition coefficient (Wildman–Crippen LogP) is 4.51. The number of hydrogen-bond acceptors (Lipinski definition) is 3. The van der Waals surface area contributed by atoms with Crippen LogP contribution in [0.25, 0.3) is 0 Å². The third-order valence-electron chi connectivity index (χ3n) is 7.52. The highest BCUT2D eigenvalue weighted by Crippen LogP contribution is 2.65. The molecule has 3 aliphatic rings. The van der Waals surface area contributed by atoms with Crippen molar-refractivity contribution >= 4 is 15.9 Å². The summed E-state index contributed by atoms with van der Waals surface area (Å²) < 4.78 is 5.98. The standard InChI is InChI=1S/C21H27BrO3/c1-20-12-18(25-2)19-15-6-4-14(23)11-13(15)3-5-16(19)17(20)7-8-21(20,24)9-10-22/h4,6,9-11,16-19,23-24H,3,5,7-8,12H2,1-2H3/b10-9+/t16-,17-,18-,19+,20-,21+/m0/s1. The van der Waals surface area contributed by atoms with Crippen LogP contribution in [-0.2, 0) is 11.2 Å². The number of aliphatic hydroxyl groups is 1. The Balaban J connectivity index is 1.78. The first-order valence-corrected chi connectivity index (χ1v) is 10.2. The van der Waals surface area contributed by atoms with Gasteiger partial charge in [0, 0.05) is 18.4 Å². The van der Waals surface area contributed by atoms with Crippen LogP contribution in [0.1, 0.15) is 49.7 Å². The van der Waals surface area contributed by atoms with Crippen molar-refractivity contribution in [1.82, 2.24) is 0 Å². The highest BCUT2D eigenvalue weighted by Gasteiger charge is 2.63. The van der Waals surface area contributed by atoms with Gasteiger partial charge in [-0.1, -0.05) is 28.9 Å². The first kappa shape index (κ1) is 17.6. The normalized spacial score (nSPS) is 42.9. The molecule has 136 valence electrons. The summed E-state index contributed by atoms with van der Waals surface area (Å²) in [5, 5.41) is 21.2. The molecule has 1 aromatic carbocycles. The van der Waals surface area contributed by atoms with Crippen LogP contribution in [0.15, 0.2) is 29.3 Å². The SMILES string of the molecule is CO[C@H]1C[C@@]2(C)[C@@H](CC[C@@]2(O)/C=C/Br)[C@@H]2CCc3cc(O)ccc3[C@H]21. The highest BCUT2D eigenvalue weighted by atomic mass is 79.9. The average Bonchev–Trinajstić information content (AvgIpc) is 2.85. The first-order valence-electron chi connectivity index (χ1n) is 9.28. The maximum absolute atomic E-state index is 11.4. The maximum atomic E-state index is 11.4. The highest BCUT2D eigenvalue weighted by molar-refractivity contribution is 9.11. The molecule has 2 fully saturated rings. The van der Waals surface area contributed by atoms with Crippen LogP contribution in [-0.4, -0.2) is 29.0 Å². The number of aryl methyl sites for hydroxylation is 1. The van der Waals surface area contributed by atoms with E-state index in [9.17, 15) is 10.2 Å². The summed E-state index contributed by atoms with van der Waals surface area (Å²) in [5.74, 6) is 1.74. The number of phenols is 1. The molecule has 0 spiro atoms. The number of halogens is 1. The Morgan fingerprint density at radius 2 is 2.12 bits per heavy atom. The summed E-state index contributed by atoms with van der Waals surface area (Å²) in [4.78, 5) is 1.81. The molecule has 0 unspecified atom stereocenters. The van der Waals surface area contributed by atoms with E-state index in [1.807, 2.05) is 17.1 Å². The molecule has 3 aliphatic carbocycles. The van der Waals surface area contributed by atoms with Crippen molar-refractivity contribution in [1.29, 1.82) is 0 Å². The van der Waals surface area contributed by atoms with Crippen LogP contribution in [0.5, 0.6) is 5.75 Å². The lowest BCUT2D eigenvalue weighted by atomic mass is 9.52. The second kappa shape index (κ2) is 6.11. The van der Waals surface area contributed by atoms with E-state index in [4.69, 9.17) is 4.74 Å². The van der Waals surface area contributed by atoms with Crippen molar-refractivity contribution in [2.45, 2.75) is 56.7 Å². The van der Waals surface area contributed by atoms with Crippen molar-refractivity contribution in [3.8, 4) is 5.75 Å². The molecule has 2 saturated carbocycles.